The van der Waals surface area contributed by atoms with Crippen LogP contribution in [-0.4, -0.2) is 45.8 Å². The van der Waals surface area contributed by atoms with E-state index in [1.807, 2.05) is 31.2 Å². The van der Waals surface area contributed by atoms with Crippen molar-refractivity contribution in [3.05, 3.63) is 66.0 Å². The average molecular weight is 370 g/mol. The summed E-state index contributed by atoms with van der Waals surface area (Å²) in [7, 11) is -2.26. The Morgan fingerprint density at radius 2 is 1.73 bits per heavy atom. The maximum atomic E-state index is 12.6. The number of tetrazole rings is 1. The van der Waals surface area contributed by atoms with E-state index >= 15 is 0 Å². The molecule has 0 saturated carbocycles. The lowest BCUT2D eigenvalue weighted by Crippen LogP contribution is -2.23. The van der Waals surface area contributed by atoms with E-state index in [9.17, 15) is 8.42 Å². The molecule has 134 valence electrons. The Morgan fingerprint density at radius 1 is 1.08 bits per heavy atom. The van der Waals surface area contributed by atoms with Crippen LogP contribution in [-0.2, 0) is 10.0 Å². The molecular weight excluding hydrogens is 352 g/mol. The largest absolute Gasteiger partial charge is 0.278 e. The molecule has 26 heavy (non-hydrogen) atoms. The van der Waals surface area contributed by atoms with Gasteiger partial charge in [-0.1, -0.05) is 29.8 Å². The second kappa shape index (κ2) is 7.04. The maximum absolute atomic E-state index is 12.6. The van der Waals surface area contributed by atoms with Gasteiger partial charge in [0.1, 0.15) is 6.33 Å². The highest BCUT2D eigenvalue weighted by Gasteiger charge is 2.19. The Hall–Kier alpha value is -3.07. The van der Waals surface area contributed by atoms with E-state index in [2.05, 4.69) is 20.6 Å². The normalized spacial score (nSPS) is 12.2. The summed E-state index contributed by atoms with van der Waals surface area (Å²) in [6, 6.07) is 14.0. The zero-order valence-corrected chi connectivity index (χ0v) is 15.4. The Labute approximate surface area is 151 Å². The molecule has 0 fully saturated rings. The monoisotopic (exact) mass is 370 g/mol. The molecule has 8 nitrogen and oxygen atoms in total. The molecule has 0 N–H and O–H groups in total. The van der Waals surface area contributed by atoms with Crippen LogP contribution in [0, 0.1) is 6.92 Å². The van der Waals surface area contributed by atoms with Gasteiger partial charge in [-0.15, -0.1) is 5.10 Å². The summed E-state index contributed by atoms with van der Waals surface area (Å²) in [5, 5.41) is 15.2. The molecule has 0 unspecified atom stereocenters. The molecule has 1 aromatic heterocycles. The van der Waals surface area contributed by atoms with Crippen molar-refractivity contribution in [1.82, 2.24) is 24.6 Å². The summed E-state index contributed by atoms with van der Waals surface area (Å²) >= 11 is 0. The van der Waals surface area contributed by atoms with Crippen LogP contribution >= 0.6 is 0 Å². The third-order valence-electron chi connectivity index (χ3n) is 3.86. The van der Waals surface area contributed by atoms with Crippen molar-refractivity contribution in [3.8, 4) is 5.69 Å². The Kier molecular flexibility index (Phi) is 4.81. The fourth-order valence-electron chi connectivity index (χ4n) is 2.32. The third-order valence-corrected chi connectivity index (χ3v) is 5.50. The second-order valence-corrected chi connectivity index (χ2v) is 7.69. The standard InChI is InChI=1S/C17H18N6O2S/c1-13-4-10-17(11-5-13)26(24,25)22(3)19-14(2)15-6-8-16(9-7-15)23-12-18-20-21-23/h4-12H,1-3H3/b19-14+. The smallest absolute Gasteiger partial charge is 0.201 e. The number of aryl methyl sites for hydroxylation is 1. The van der Waals surface area contributed by atoms with E-state index in [1.165, 1.54) is 18.1 Å². The summed E-state index contributed by atoms with van der Waals surface area (Å²) in [4.78, 5) is 0.205. The van der Waals surface area contributed by atoms with Crippen molar-refractivity contribution < 1.29 is 8.42 Å². The van der Waals surface area contributed by atoms with Crippen molar-refractivity contribution in [2.75, 3.05) is 7.05 Å². The van der Waals surface area contributed by atoms with Crippen LogP contribution in [0.1, 0.15) is 18.1 Å². The number of rotatable bonds is 5. The number of benzene rings is 2. The Bertz CT molecular complexity index is 1010. The van der Waals surface area contributed by atoms with E-state index in [0.717, 1.165) is 21.2 Å². The van der Waals surface area contributed by atoms with Gasteiger partial charge in [0, 0.05) is 7.05 Å². The minimum atomic E-state index is -3.69. The third kappa shape index (κ3) is 3.62. The number of hydrazone groups is 1. The molecule has 0 aliphatic carbocycles. The summed E-state index contributed by atoms with van der Waals surface area (Å²) < 4.78 is 27.7. The van der Waals surface area contributed by atoms with Crippen LogP contribution in [0.3, 0.4) is 0 Å². The molecule has 0 aliphatic heterocycles. The molecule has 0 spiro atoms. The van der Waals surface area contributed by atoms with Crippen molar-refractivity contribution in [3.63, 3.8) is 0 Å². The van der Waals surface area contributed by atoms with Crippen LogP contribution in [0.15, 0.2) is 64.9 Å². The summed E-state index contributed by atoms with van der Waals surface area (Å²) in [6.45, 7) is 3.66. The average Bonchev–Trinajstić information content (AvgIpc) is 3.17. The van der Waals surface area contributed by atoms with Gasteiger partial charge in [-0.05, 0) is 54.1 Å². The lowest BCUT2D eigenvalue weighted by molar-refractivity contribution is 0.489. The minimum Gasteiger partial charge on any atom is -0.201 e. The van der Waals surface area contributed by atoms with Crippen LogP contribution < -0.4 is 0 Å². The fraction of sp³-hybridized carbons (Fsp3) is 0.176. The zero-order chi connectivity index (χ0) is 18.7. The molecule has 3 aromatic rings. The van der Waals surface area contributed by atoms with Gasteiger partial charge in [0.25, 0.3) is 10.0 Å². The van der Waals surface area contributed by atoms with Crippen LogP contribution in [0.25, 0.3) is 5.69 Å². The summed E-state index contributed by atoms with van der Waals surface area (Å²) in [6.07, 6.45) is 1.50. The first-order valence-electron chi connectivity index (χ1n) is 7.82. The second-order valence-electron chi connectivity index (χ2n) is 5.74. The van der Waals surface area contributed by atoms with E-state index < -0.39 is 10.0 Å². The van der Waals surface area contributed by atoms with Crippen molar-refractivity contribution in [2.24, 2.45) is 5.10 Å². The first-order valence-corrected chi connectivity index (χ1v) is 9.26. The molecule has 0 radical (unpaired) electrons. The molecule has 0 saturated heterocycles. The van der Waals surface area contributed by atoms with Gasteiger partial charge >= 0.3 is 0 Å². The predicted octanol–water partition coefficient (Wildman–Crippen LogP) is 2.02. The lowest BCUT2D eigenvalue weighted by Gasteiger charge is -2.15. The number of aromatic nitrogens is 4. The predicted molar refractivity (Wildman–Crippen MR) is 97.5 cm³/mol. The number of sulfonamides is 1. The maximum Gasteiger partial charge on any atom is 0.278 e. The fourth-order valence-corrected chi connectivity index (χ4v) is 3.34. The van der Waals surface area contributed by atoms with Gasteiger partial charge in [-0.25, -0.2) is 4.68 Å². The molecule has 3 rings (SSSR count). The molecule has 0 bridgehead atoms. The Balaban J connectivity index is 1.83. The molecule has 9 heteroatoms. The van der Waals surface area contributed by atoms with Gasteiger partial charge in [0.15, 0.2) is 0 Å². The van der Waals surface area contributed by atoms with Gasteiger partial charge in [0.05, 0.1) is 16.3 Å². The highest BCUT2D eigenvalue weighted by molar-refractivity contribution is 7.89. The highest BCUT2D eigenvalue weighted by atomic mass is 32.2. The molecule has 0 amide bonds. The quantitative estimate of drug-likeness (QED) is 0.506. The van der Waals surface area contributed by atoms with Crippen molar-refractivity contribution >= 4 is 15.7 Å². The summed E-state index contributed by atoms with van der Waals surface area (Å²) in [5.74, 6) is 0. The summed E-state index contributed by atoms with van der Waals surface area (Å²) in [5.41, 5.74) is 3.17. The van der Waals surface area contributed by atoms with Crippen LogP contribution in [0.4, 0.5) is 0 Å². The SMILES string of the molecule is C/C(=N\N(C)S(=O)(=O)c1ccc(C)cc1)c1ccc(-n2cnnn2)cc1. The first-order chi connectivity index (χ1) is 12.4. The molecule has 0 atom stereocenters. The Morgan fingerprint density at radius 3 is 2.31 bits per heavy atom. The molecular formula is C17H18N6O2S. The zero-order valence-electron chi connectivity index (χ0n) is 14.6. The molecule has 2 aromatic carbocycles. The van der Waals surface area contributed by atoms with Crippen LogP contribution in [0.2, 0.25) is 0 Å². The van der Waals surface area contributed by atoms with E-state index in [0.29, 0.717) is 5.71 Å². The van der Waals surface area contributed by atoms with Gasteiger partial charge in [-0.2, -0.15) is 17.9 Å². The van der Waals surface area contributed by atoms with Crippen molar-refractivity contribution in [2.45, 2.75) is 18.7 Å². The topological polar surface area (TPSA) is 93.3 Å². The van der Waals surface area contributed by atoms with E-state index in [1.54, 1.807) is 31.2 Å². The number of hydrogen-bond acceptors (Lipinski definition) is 6. The minimum absolute atomic E-state index is 0.205. The first kappa shape index (κ1) is 17.7. The van der Waals surface area contributed by atoms with Gasteiger partial charge < -0.3 is 0 Å². The number of hydrogen-bond donors (Lipinski definition) is 0. The number of nitrogens with zero attached hydrogens (tertiary/aromatic N) is 6. The molecule has 0 aliphatic rings. The molecule has 1 heterocycles. The van der Waals surface area contributed by atoms with Crippen molar-refractivity contribution in [1.29, 1.82) is 0 Å². The van der Waals surface area contributed by atoms with Gasteiger partial charge in [0.2, 0.25) is 0 Å². The van der Waals surface area contributed by atoms with E-state index in [-0.39, 0.29) is 4.90 Å². The lowest BCUT2D eigenvalue weighted by atomic mass is 10.1. The van der Waals surface area contributed by atoms with Crippen LogP contribution in [0.5, 0.6) is 0 Å². The highest BCUT2D eigenvalue weighted by Crippen LogP contribution is 2.16. The van der Waals surface area contributed by atoms with E-state index in [4.69, 9.17) is 0 Å². The van der Waals surface area contributed by atoms with Gasteiger partial charge in [-0.3, -0.25) is 0 Å².